The molecule has 1 heterocycles. The van der Waals surface area contributed by atoms with Gasteiger partial charge in [-0.15, -0.1) is 0 Å². The minimum absolute atomic E-state index is 0.166. The van der Waals surface area contributed by atoms with Crippen LogP contribution in [0.4, 0.5) is 4.39 Å². The van der Waals surface area contributed by atoms with Crippen LogP contribution in [-0.4, -0.2) is 18.0 Å². The van der Waals surface area contributed by atoms with Gasteiger partial charge in [0, 0.05) is 22.4 Å². The molecule has 0 spiro atoms. The van der Waals surface area contributed by atoms with Crippen molar-refractivity contribution in [1.29, 1.82) is 0 Å². The van der Waals surface area contributed by atoms with E-state index in [4.69, 9.17) is 10.7 Å². The topological polar surface area (TPSA) is 89.0 Å². The molecule has 9 heteroatoms. The molecule has 20 heavy (non-hydrogen) atoms. The fourth-order valence-corrected chi connectivity index (χ4v) is 2.45. The second kappa shape index (κ2) is 5.22. The summed E-state index contributed by atoms with van der Waals surface area (Å²) in [6.45, 7) is -0.234. The van der Waals surface area contributed by atoms with Gasteiger partial charge in [-0.05, 0) is 6.07 Å². The molecule has 0 saturated carbocycles. The van der Waals surface area contributed by atoms with E-state index in [0.29, 0.717) is 0 Å². The molecule has 0 bridgehead atoms. The van der Waals surface area contributed by atoms with Gasteiger partial charge in [0.2, 0.25) is 0 Å². The van der Waals surface area contributed by atoms with Crippen molar-refractivity contribution in [2.75, 3.05) is 0 Å². The van der Waals surface area contributed by atoms with Crippen molar-refractivity contribution in [2.45, 2.75) is 11.4 Å². The maximum atomic E-state index is 13.5. The van der Waals surface area contributed by atoms with E-state index in [2.05, 4.69) is 0 Å². The Hall–Kier alpha value is -1.93. The van der Waals surface area contributed by atoms with Gasteiger partial charge in [-0.3, -0.25) is 14.3 Å². The highest BCUT2D eigenvalue weighted by Crippen LogP contribution is 2.10. The molecule has 6 nitrogen and oxygen atoms in total. The number of H-pyrrole nitrogens is 1. The molecule has 0 unspecified atom stereocenters. The molecule has 0 atom stereocenters. The predicted molar refractivity (Wildman–Crippen MR) is 69.9 cm³/mol. The van der Waals surface area contributed by atoms with Crippen molar-refractivity contribution >= 4 is 19.7 Å². The fraction of sp³-hybridized carbons (Fsp3) is 0.0909. The Labute approximate surface area is 116 Å². The third-order valence-corrected chi connectivity index (χ3v) is 3.85. The number of nitrogens with zero attached hydrogens (tertiary/aromatic N) is 1. The summed E-state index contributed by atoms with van der Waals surface area (Å²) in [5.41, 5.74) is -1.81. The first-order chi connectivity index (χ1) is 9.29. The van der Waals surface area contributed by atoms with Gasteiger partial charge in [0.1, 0.15) is 5.82 Å². The van der Waals surface area contributed by atoms with Crippen molar-refractivity contribution in [1.82, 2.24) is 9.55 Å². The largest absolute Gasteiger partial charge is 0.328 e. The third kappa shape index (κ3) is 2.97. The van der Waals surface area contributed by atoms with E-state index < -0.39 is 31.0 Å². The molecule has 0 aliphatic carbocycles. The summed E-state index contributed by atoms with van der Waals surface area (Å²) in [5, 5.41) is 0. The van der Waals surface area contributed by atoms with E-state index in [-0.39, 0.29) is 12.1 Å². The summed E-state index contributed by atoms with van der Waals surface area (Å²) in [4.78, 5) is 24.0. The highest BCUT2D eigenvalue weighted by molar-refractivity contribution is 8.13. The summed E-state index contributed by atoms with van der Waals surface area (Å²) >= 11 is 0. The Balaban J connectivity index is 2.57. The zero-order valence-electron chi connectivity index (χ0n) is 9.84. The average molecular weight is 319 g/mol. The van der Waals surface area contributed by atoms with Gasteiger partial charge >= 0.3 is 5.69 Å². The van der Waals surface area contributed by atoms with E-state index in [1.54, 1.807) is 6.07 Å². The monoisotopic (exact) mass is 318 g/mol. The number of rotatable bonds is 3. The Morgan fingerprint density at radius 1 is 1.25 bits per heavy atom. The van der Waals surface area contributed by atoms with Crippen molar-refractivity contribution in [3.63, 3.8) is 0 Å². The minimum atomic E-state index is -4.30. The van der Waals surface area contributed by atoms with Crippen molar-refractivity contribution < 1.29 is 12.8 Å². The molecule has 0 saturated heterocycles. The van der Waals surface area contributed by atoms with Gasteiger partial charge in [0.25, 0.3) is 14.6 Å². The molecule has 0 radical (unpaired) electrons. The van der Waals surface area contributed by atoms with Crippen LogP contribution in [0.2, 0.25) is 0 Å². The minimum Gasteiger partial charge on any atom is -0.295 e. The quantitative estimate of drug-likeness (QED) is 0.842. The number of nitrogens with one attached hydrogen (secondary N) is 1. The first-order valence-corrected chi connectivity index (χ1v) is 7.62. The van der Waals surface area contributed by atoms with Crippen LogP contribution in [0.3, 0.4) is 0 Å². The summed E-state index contributed by atoms with van der Waals surface area (Å²) in [6.07, 6.45) is 0.788. The maximum absolute atomic E-state index is 13.5. The Kier molecular flexibility index (Phi) is 3.78. The molecular weight excluding hydrogens is 311 g/mol. The lowest BCUT2D eigenvalue weighted by molar-refractivity contribution is 0.586. The van der Waals surface area contributed by atoms with Crippen LogP contribution in [0.25, 0.3) is 0 Å². The van der Waals surface area contributed by atoms with Crippen LogP contribution in [-0.2, 0) is 15.6 Å². The lowest BCUT2D eigenvalue weighted by Gasteiger charge is -2.07. The number of aromatic amines is 1. The van der Waals surface area contributed by atoms with Crippen LogP contribution in [0.1, 0.15) is 5.56 Å². The normalized spacial score (nSPS) is 11.5. The number of hydrogen-bond donors (Lipinski definition) is 1. The summed E-state index contributed by atoms with van der Waals surface area (Å²) in [6, 6.07) is 5.67. The summed E-state index contributed by atoms with van der Waals surface area (Å²) < 4.78 is 36.7. The van der Waals surface area contributed by atoms with Gasteiger partial charge < -0.3 is 0 Å². The van der Waals surface area contributed by atoms with Gasteiger partial charge in [-0.1, -0.05) is 18.2 Å². The van der Waals surface area contributed by atoms with Crippen molar-refractivity contribution in [2.24, 2.45) is 0 Å². The fourth-order valence-electron chi connectivity index (χ4n) is 1.59. The molecule has 1 N–H and O–H groups in total. The smallest absolute Gasteiger partial charge is 0.295 e. The number of aromatic nitrogens is 2. The van der Waals surface area contributed by atoms with Gasteiger partial charge in [0.15, 0.2) is 4.90 Å². The lowest BCUT2D eigenvalue weighted by Crippen LogP contribution is -2.32. The molecule has 0 aliphatic rings. The van der Waals surface area contributed by atoms with Crippen LogP contribution >= 0.6 is 10.7 Å². The molecule has 0 aliphatic heterocycles. The predicted octanol–water partition coefficient (Wildman–Crippen LogP) is 0.651. The number of benzene rings is 1. The van der Waals surface area contributed by atoms with Gasteiger partial charge in [-0.25, -0.2) is 17.6 Å². The zero-order chi connectivity index (χ0) is 14.9. The lowest BCUT2D eigenvalue weighted by atomic mass is 10.2. The summed E-state index contributed by atoms with van der Waals surface area (Å²) in [7, 11) is 0.785. The van der Waals surface area contributed by atoms with E-state index in [0.717, 1.165) is 10.8 Å². The van der Waals surface area contributed by atoms with Crippen LogP contribution in [0, 0.1) is 5.82 Å². The van der Waals surface area contributed by atoms with Crippen LogP contribution in [0.15, 0.2) is 44.9 Å². The number of halogens is 2. The molecule has 0 fully saturated rings. The van der Waals surface area contributed by atoms with E-state index in [9.17, 15) is 22.4 Å². The first-order valence-electron chi connectivity index (χ1n) is 5.31. The Bertz CT molecular complexity index is 872. The molecule has 106 valence electrons. The molecule has 2 rings (SSSR count). The Morgan fingerprint density at radius 3 is 2.50 bits per heavy atom. The van der Waals surface area contributed by atoms with E-state index in [1.807, 2.05) is 4.98 Å². The highest BCUT2D eigenvalue weighted by Gasteiger charge is 2.17. The van der Waals surface area contributed by atoms with Gasteiger partial charge in [-0.2, -0.15) is 0 Å². The second-order valence-electron chi connectivity index (χ2n) is 3.91. The van der Waals surface area contributed by atoms with E-state index >= 15 is 0 Å². The molecular formula is C11H8ClFN2O4S. The van der Waals surface area contributed by atoms with Crippen molar-refractivity contribution in [3.05, 3.63) is 62.7 Å². The van der Waals surface area contributed by atoms with Crippen molar-refractivity contribution in [3.8, 4) is 0 Å². The SMILES string of the molecule is O=c1[nH]c(=O)n(Cc2ccccc2F)cc1S(=O)(=O)Cl. The molecule has 1 aromatic heterocycles. The average Bonchev–Trinajstić information content (AvgIpc) is 2.33. The molecule has 0 amide bonds. The second-order valence-corrected chi connectivity index (χ2v) is 6.44. The molecule has 2 aromatic rings. The first kappa shape index (κ1) is 14.5. The maximum Gasteiger partial charge on any atom is 0.328 e. The highest BCUT2D eigenvalue weighted by atomic mass is 35.7. The summed E-state index contributed by atoms with van der Waals surface area (Å²) in [5.74, 6) is -0.555. The van der Waals surface area contributed by atoms with Crippen LogP contribution < -0.4 is 11.2 Å². The van der Waals surface area contributed by atoms with Gasteiger partial charge in [0.05, 0.1) is 6.54 Å². The van der Waals surface area contributed by atoms with Crippen LogP contribution in [0.5, 0.6) is 0 Å². The standard InChI is InChI=1S/C11H8ClFN2O4S/c12-20(18,19)9-6-15(11(17)14-10(9)16)5-7-3-1-2-4-8(7)13/h1-4,6H,5H2,(H,14,16,17). The molecule has 1 aromatic carbocycles. The zero-order valence-corrected chi connectivity index (χ0v) is 11.4. The van der Waals surface area contributed by atoms with E-state index in [1.165, 1.54) is 18.2 Å². The number of hydrogen-bond acceptors (Lipinski definition) is 4. The third-order valence-electron chi connectivity index (χ3n) is 2.54. The Morgan fingerprint density at radius 2 is 1.90 bits per heavy atom.